The zero-order chi connectivity index (χ0) is 18.9. The Morgan fingerprint density at radius 3 is 2.07 bits per heavy atom. The molecule has 4 heteroatoms. The predicted molar refractivity (Wildman–Crippen MR) is 106 cm³/mol. The Morgan fingerprint density at radius 1 is 0.778 bits per heavy atom. The Hall–Kier alpha value is -3.27. The van der Waals surface area contributed by atoms with E-state index in [1.165, 1.54) is 0 Å². The van der Waals surface area contributed by atoms with Crippen molar-refractivity contribution in [3.05, 3.63) is 96.1 Å². The molecule has 0 saturated carbocycles. The fourth-order valence-corrected chi connectivity index (χ4v) is 2.70. The number of hydrogen-bond acceptors (Lipinski definition) is 3. The highest BCUT2D eigenvalue weighted by Crippen LogP contribution is 2.16. The van der Waals surface area contributed by atoms with Crippen molar-refractivity contribution in [2.45, 2.75) is 6.54 Å². The highest BCUT2D eigenvalue weighted by molar-refractivity contribution is 5.94. The highest BCUT2D eigenvalue weighted by Gasteiger charge is 2.12. The first-order valence-electron chi connectivity index (χ1n) is 8.92. The normalized spacial score (nSPS) is 10.3. The summed E-state index contributed by atoms with van der Waals surface area (Å²) in [5.74, 6) is 1.43. The molecule has 0 radical (unpaired) electrons. The van der Waals surface area contributed by atoms with Gasteiger partial charge in [0, 0.05) is 19.2 Å². The predicted octanol–water partition coefficient (Wildman–Crippen LogP) is 4.42. The van der Waals surface area contributed by atoms with Crippen LogP contribution in [0, 0.1) is 0 Å². The van der Waals surface area contributed by atoms with Crippen LogP contribution in [0.25, 0.3) is 0 Å². The van der Waals surface area contributed by atoms with Crippen molar-refractivity contribution >= 4 is 5.91 Å². The van der Waals surface area contributed by atoms with Gasteiger partial charge in [0.05, 0.1) is 0 Å². The van der Waals surface area contributed by atoms with Crippen LogP contribution in [0.5, 0.6) is 11.5 Å². The van der Waals surface area contributed by atoms with E-state index < -0.39 is 0 Å². The van der Waals surface area contributed by atoms with Crippen LogP contribution < -0.4 is 9.47 Å². The summed E-state index contributed by atoms with van der Waals surface area (Å²) in [4.78, 5) is 14.4. The van der Waals surface area contributed by atoms with Crippen LogP contribution in [0.4, 0.5) is 0 Å². The molecule has 0 aromatic heterocycles. The van der Waals surface area contributed by atoms with E-state index in [9.17, 15) is 4.79 Å². The van der Waals surface area contributed by atoms with E-state index in [0.717, 1.165) is 11.3 Å². The fraction of sp³-hybridized carbons (Fsp3) is 0.174. The summed E-state index contributed by atoms with van der Waals surface area (Å²) in [5.41, 5.74) is 1.70. The maximum atomic E-state index is 12.7. The molecular formula is C23H23NO3. The lowest BCUT2D eigenvalue weighted by Crippen LogP contribution is -2.26. The Kier molecular flexibility index (Phi) is 6.47. The van der Waals surface area contributed by atoms with Gasteiger partial charge >= 0.3 is 0 Å². The van der Waals surface area contributed by atoms with Gasteiger partial charge in [-0.1, -0.05) is 54.6 Å². The number of para-hydroxylation sites is 1. The summed E-state index contributed by atoms with van der Waals surface area (Å²) in [6.45, 7) is 1.41. The third-order valence-electron chi connectivity index (χ3n) is 4.05. The summed E-state index contributed by atoms with van der Waals surface area (Å²) < 4.78 is 11.3. The number of ether oxygens (including phenoxy) is 2. The van der Waals surface area contributed by atoms with Gasteiger partial charge in [0.1, 0.15) is 24.7 Å². The number of carbonyl (C=O) groups excluding carboxylic acids is 1. The lowest BCUT2D eigenvalue weighted by Gasteiger charge is -2.18. The second-order valence-corrected chi connectivity index (χ2v) is 6.18. The van der Waals surface area contributed by atoms with Crippen LogP contribution in [0.3, 0.4) is 0 Å². The Labute approximate surface area is 160 Å². The zero-order valence-corrected chi connectivity index (χ0v) is 15.4. The molecule has 0 heterocycles. The quantitative estimate of drug-likeness (QED) is 0.558. The van der Waals surface area contributed by atoms with Gasteiger partial charge in [0.2, 0.25) is 0 Å². The first kappa shape index (κ1) is 18.5. The molecule has 0 bridgehead atoms. The van der Waals surface area contributed by atoms with Gasteiger partial charge in [0.15, 0.2) is 0 Å². The van der Waals surface area contributed by atoms with Gasteiger partial charge in [-0.15, -0.1) is 0 Å². The molecule has 27 heavy (non-hydrogen) atoms. The van der Waals surface area contributed by atoms with E-state index in [2.05, 4.69) is 0 Å². The third-order valence-corrected chi connectivity index (χ3v) is 4.05. The van der Waals surface area contributed by atoms with Gasteiger partial charge in [-0.25, -0.2) is 0 Å². The minimum Gasteiger partial charge on any atom is -0.490 e. The summed E-state index contributed by atoms with van der Waals surface area (Å²) in [7, 11) is 1.80. The fourth-order valence-electron chi connectivity index (χ4n) is 2.70. The van der Waals surface area contributed by atoms with Crippen molar-refractivity contribution in [2.75, 3.05) is 20.3 Å². The van der Waals surface area contributed by atoms with Gasteiger partial charge in [-0.3, -0.25) is 4.79 Å². The molecule has 4 nitrogen and oxygen atoms in total. The van der Waals surface area contributed by atoms with Gasteiger partial charge < -0.3 is 14.4 Å². The Balaban J connectivity index is 1.52. The first-order valence-corrected chi connectivity index (χ1v) is 8.92. The molecule has 0 aliphatic rings. The summed E-state index contributed by atoms with van der Waals surface area (Å²) in [5, 5.41) is 0. The highest BCUT2D eigenvalue weighted by atomic mass is 16.5. The molecule has 3 aromatic carbocycles. The second kappa shape index (κ2) is 9.43. The van der Waals surface area contributed by atoms with Crippen LogP contribution in [0.2, 0.25) is 0 Å². The number of benzene rings is 3. The minimum absolute atomic E-state index is 0.0372. The third kappa shape index (κ3) is 5.61. The van der Waals surface area contributed by atoms with Crippen molar-refractivity contribution < 1.29 is 14.3 Å². The average Bonchev–Trinajstić information content (AvgIpc) is 2.72. The summed E-state index contributed by atoms with van der Waals surface area (Å²) in [6, 6.07) is 26.8. The van der Waals surface area contributed by atoms with Crippen LogP contribution in [-0.4, -0.2) is 31.1 Å². The molecule has 0 unspecified atom stereocenters. The van der Waals surface area contributed by atoms with Crippen molar-refractivity contribution in [3.8, 4) is 11.5 Å². The maximum Gasteiger partial charge on any atom is 0.254 e. The van der Waals surface area contributed by atoms with Gasteiger partial charge in [0.25, 0.3) is 5.91 Å². The number of rotatable bonds is 8. The van der Waals surface area contributed by atoms with E-state index in [4.69, 9.17) is 9.47 Å². The van der Waals surface area contributed by atoms with E-state index in [-0.39, 0.29) is 5.91 Å². The van der Waals surface area contributed by atoms with Crippen LogP contribution in [0.1, 0.15) is 15.9 Å². The van der Waals surface area contributed by atoms with Crippen LogP contribution >= 0.6 is 0 Å². The van der Waals surface area contributed by atoms with Crippen LogP contribution in [-0.2, 0) is 6.54 Å². The van der Waals surface area contributed by atoms with Crippen LogP contribution in [0.15, 0.2) is 84.9 Å². The van der Waals surface area contributed by atoms with Gasteiger partial charge in [-0.05, 0) is 35.9 Å². The molecule has 3 aromatic rings. The van der Waals surface area contributed by atoms with Crippen molar-refractivity contribution in [1.29, 1.82) is 0 Å². The molecule has 138 valence electrons. The second-order valence-electron chi connectivity index (χ2n) is 6.18. The van der Waals surface area contributed by atoms with Crippen molar-refractivity contribution in [1.82, 2.24) is 4.90 Å². The molecule has 0 saturated heterocycles. The largest absolute Gasteiger partial charge is 0.490 e. The molecule has 3 rings (SSSR count). The lowest BCUT2D eigenvalue weighted by atomic mass is 10.1. The van der Waals surface area contributed by atoms with E-state index in [0.29, 0.717) is 31.1 Å². The SMILES string of the molecule is CN(Cc1ccccc1)C(=O)c1cccc(OCCOc2ccccc2)c1. The number of carbonyl (C=O) groups is 1. The zero-order valence-electron chi connectivity index (χ0n) is 15.4. The molecule has 0 aliphatic carbocycles. The topological polar surface area (TPSA) is 38.8 Å². The first-order chi connectivity index (χ1) is 13.2. The molecule has 0 fully saturated rings. The summed E-state index contributed by atoms with van der Waals surface area (Å²) >= 11 is 0. The molecule has 0 aliphatic heterocycles. The standard InChI is InChI=1S/C23H23NO3/c1-24(18-19-9-4-2-5-10-19)23(25)20-11-8-14-22(17-20)27-16-15-26-21-12-6-3-7-13-21/h2-14,17H,15-16,18H2,1H3. The monoisotopic (exact) mass is 361 g/mol. The Bertz CT molecular complexity index is 850. The van der Waals surface area contributed by atoms with E-state index in [1.54, 1.807) is 24.1 Å². The molecule has 0 N–H and O–H groups in total. The van der Waals surface area contributed by atoms with Gasteiger partial charge in [-0.2, -0.15) is 0 Å². The number of nitrogens with zero attached hydrogens (tertiary/aromatic N) is 1. The molecule has 1 amide bonds. The number of amides is 1. The summed E-state index contributed by atoms with van der Waals surface area (Å²) in [6.07, 6.45) is 0. The maximum absolute atomic E-state index is 12.7. The lowest BCUT2D eigenvalue weighted by molar-refractivity contribution is 0.0784. The smallest absolute Gasteiger partial charge is 0.254 e. The molecule has 0 spiro atoms. The Morgan fingerprint density at radius 2 is 1.37 bits per heavy atom. The van der Waals surface area contributed by atoms with Crippen molar-refractivity contribution in [3.63, 3.8) is 0 Å². The van der Waals surface area contributed by atoms with E-state index in [1.807, 2.05) is 72.8 Å². The molecule has 0 atom stereocenters. The molecular weight excluding hydrogens is 338 g/mol. The number of hydrogen-bond donors (Lipinski definition) is 0. The van der Waals surface area contributed by atoms with E-state index >= 15 is 0 Å². The average molecular weight is 361 g/mol. The van der Waals surface area contributed by atoms with Crippen molar-refractivity contribution in [2.24, 2.45) is 0 Å². The minimum atomic E-state index is -0.0372.